The molecule has 4 aliphatic carbocycles. The summed E-state index contributed by atoms with van der Waals surface area (Å²) in [6, 6.07) is 0. The van der Waals surface area contributed by atoms with E-state index in [1.807, 2.05) is 0 Å². The lowest BCUT2D eigenvalue weighted by Gasteiger charge is -2.60. The summed E-state index contributed by atoms with van der Waals surface area (Å²) in [4.78, 5) is 38.4. The van der Waals surface area contributed by atoms with Crippen LogP contribution in [0.25, 0.3) is 0 Å². The molecule has 1 aromatic rings. The van der Waals surface area contributed by atoms with Gasteiger partial charge in [0.25, 0.3) is 5.56 Å². The van der Waals surface area contributed by atoms with Crippen LogP contribution in [-0.2, 0) is 23.1 Å². The molecule has 11 nitrogen and oxygen atoms in total. The SMILES string of the molecule is Cc1cn(C2CC(O)C(COP(=O)(CO)O[C@H]3CCC4C5CC[C@H]6CC(=O)CC[C@]6(C)C5CC[C@@]43C)O2)c(=O)[nH]c1=O. The number of hydrogen-bond donors (Lipinski definition) is 3. The number of aryl methyl sites for hydroxylation is 1. The number of carbonyl (C=O) groups excluding carboxylic acids is 1. The van der Waals surface area contributed by atoms with Gasteiger partial charge in [-0.05, 0) is 86.4 Å². The number of carbonyl (C=O) groups is 1. The number of aliphatic hydroxyl groups excluding tert-OH is 2. The van der Waals surface area contributed by atoms with Crippen molar-refractivity contribution in [2.75, 3.05) is 13.0 Å². The van der Waals surface area contributed by atoms with Crippen LogP contribution in [0.4, 0.5) is 0 Å². The summed E-state index contributed by atoms with van der Waals surface area (Å²) in [5.41, 5.74) is -0.773. The predicted octanol–water partition coefficient (Wildman–Crippen LogP) is 3.65. The number of aromatic nitrogens is 2. The van der Waals surface area contributed by atoms with E-state index in [9.17, 15) is 29.2 Å². The maximum Gasteiger partial charge on any atom is 0.356 e. The zero-order valence-corrected chi connectivity index (χ0v) is 25.7. The molecular formula is C30H45N2O9P. The van der Waals surface area contributed by atoms with Crippen molar-refractivity contribution in [1.29, 1.82) is 0 Å². The summed E-state index contributed by atoms with van der Waals surface area (Å²) in [5, 5.41) is 20.7. The summed E-state index contributed by atoms with van der Waals surface area (Å²) < 4.78 is 32.7. The van der Waals surface area contributed by atoms with Gasteiger partial charge in [0.15, 0.2) is 0 Å². The number of ether oxygens (including phenoxy) is 1. The van der Waals surface area contributed by atoms with Gasteiger partial charge in [-0.3, -0.25) is 23.7 Å². The highest BCUT2D eigenvalue weighted by Gasteiger charge is 2.61. The summed E-state index contributed by atoms with van der Waals surface area (Å²) in [6.07, 6.45) is 6.02. The maximum atomic E-state index is 13.7. The van der Waals surface area contributed by atoms with Crippen LogP contribution >= 0.6 is 7.60 Å². The van der Waals surface area contributed by atoms with Crippen molar-refractivity contribution in [3.05, 3.63) is 32.6 Å². The fraction of sp³-hybridized carbons (Fsp3) is 0.833. The number of fused-ring (bicyclic) bond motifs is 5. The van der Waals surface area contributed by atoms with Crippen LogP contribution in [0.2, 0.25) is 0 Å². The molecule has 0 radical (unpaired) electrons. The fourth-order valence-corrected chi connectivity index (χ4v) is 10.8. The van der Waals surface area contributed by atoms with Crippen molar-refractivity contribution >= 4 is 13.4 Å². The van der Waals surface area contributed by atoms with Crippen LogP contribution in [0.5, 0.6) is 0 Å². The number of rotatable bonds is 7. The molecule has 12 heteroatoms. The Morgan fingerprint density at radius 2 is 1.86 bits per heavy atom. The summed E-state index contributed by atoms with van der Waals surface area (Å²) in [6.45, 7) is 5.95. The average molecular weight is 609 g/mol. The van der Waals surface area contributed by atoms with Gasteiger partial charge in [0.05, 0.1) is 18.8 Å². The van der Waals surface area contributed by atoms with Crippen molar-refractivity contribution < 1.29 is 33.4 Å². The van der Waals surface area contributed by atoms with Crippen LogP contribution in [0.15, 0.2) is 15.8 Å². The largest absolute Gasteiger partial charge is 0.390 e. The Hall–Kier alpha value is -1.62. The molecule has 2 heterocycles. The topological polar surface area (TPSA) is 157 Å². The van der Waals surface area contributed by atoms with E-state index in [4.69, 9.17) is 13.8 Å². The fourth-order valence-electron chi connectivity index (χ4n) is 9.49. The third kappa shape index (κ3) is 5.12. The van der Waals surface area contributed by atoms with E-state index in [0.29, 0.717) is 41.4 Å². The smallest absolute Gasteiger partial charge is 0.356 e. The monoisotopic (exact) mass is 608 g/mol. The molecule has 0 bridgehead atoms. The molecule has 11 atom stereocenters. The summed E-state index contributed by atoms with van der Waals surface area (Å²) in [5.74, 6) is 2.48. The average Bonchev–Trinajstić information content (AvgIpc) is 3.48. The van der Waals surface area contributed by atoms with Crippen molar-refractivity contribution in [2.24, 2.45) is 34.5 Å². The number of nitrogens with zero attached hydrogens (tertiary/aromatic N) is 1. The van der Waals surface area contributed by atoms with E-state index in [1.165, 1.54) is 10.8 Å². The highest BCUT2D eigenvalue weighted by molar-refractivity contribution is 7.53. The molecule has 6 rings (SSSR count). The number of Topliss-reactive ketones (excluding diaryl/α,β-unsaturated/α-hetero) is 1. The second-order valence-corrected chi connectivity index (χ2v) is 16.0. The lowest BCUT2D eigenvalue weighted by molar-refractivity contribution is -0.141. The van der Waals surface area contributed by atoms with Gasteiger partial charge in [0.1, 0.15) is 24.5 Å². The number of nitrogens with one attached hydrogen (secondary N) is 1. The molecule has 234 valence electrons. The molecule has 0 amide bonds. The Balaban J connectivity index is 1.10. The minimum Gasteiger partial charge on any atom is -0.390 e. The van der Waals surface area contributed by atoms with E-state index < -0.39 is 43.6 Å². The van der Waals surface area contributed by atoms with Gasteiger partial charge in [0, 0.05) is 31.0 Å². The molecule has 4 saturated carbocycles. The van der Waals surface area contributed by atoms with Crippen molar-refractivity contribution in [3.63, 3.8) is 0 Å². The van der Waals surface area contributed by atoms with Crippen molar-refractivity contribution in [3.8, 4) is 0 Å². The van der Waals surface area contributed by atoms with Gasteiger partial charge in [-0.15, -0.1) is 0 Å². The van der Waals surface area contributed by atoms with Crippen LogP contribution < -0.4 is 11.2 Å². The molecule has 1 aliphatic heterocycles. The second kappa shape index (κ2) is 11.1. The van der Waals surface area contributed by atoms with E-state index >= 15 is 0 Å². The molecule has 0 aromatic carbocycles. The number of aliphatic hydroxyl groups is 2. The minimum absolute atomic E-state index is 0.0859. The maximum absolute atomic E-state index is 13.7. The minimum atomic E-state index is -3.92. The molecule has 7 unspecified atom stereocenters. The van der Waals surface area contributed by atoms with Crippen LogP contribution in [0.1, 0.15) is 89.8 Å². The Bertz CT molecular complexity index is 1380. The number of hydrogen-bond acceptors (Lipinski definition) is 9. The highest BCUT2D eigenvalue weighted by atomic mass is 31.2. The summed E-state index contributed by atoms with van der Waals surface area (Å²) >= 11 is 0. The van der Waals surface area contributed by atoms with E-state index in [-0.39, 0.29) is 30.0 Å². The molecule has 3 N–H and O–H groups in total. The molecule has 5 aliphatic rings. The van der Waals surface area contributed by atoms with Gasteiger partial charge < -0.3 is 24.0 Å². The Labute approximate surface area is 245 Å². The number of ketones is 1. The quantitative estimate of drug-likeness (QED) is 0.393. The first kappa shape index (κ1) is 30.4. The predicted molar refractivity (Wildman–Crippen MR) is 153 cm³/mol. The lowest BCUT2D eigenvalue weighted by atomic mass is 9.45. The number of aromatic amines is 1. The van der Waals surface area contributed by atoms with E-state index in [0.717, 1.165) is 51.4 Å². The second-order valence-electron chi connectivity index (χ2n) is 14.1. The zero-order valence-electron chi connectivity index (χ0n) is 24.8. The molecule has 1 saturated heterocycles. The number of H-pyrrole nitrogens is 1. The molecule has 5 fully saturated rings. The van der Waals surface area contributed by atoms with Gasteiger partial charge in [-0.25, -0.2) is 4.79 Å². The third-order valence-electron chi connectivity index (χ3n) is 12.0. The van der Waals surface area contributed by atoms with Gasteiger partial charge in [-0.2, -0.15) is 0 Å². The highest BCUT2D eigenvalue weighted by Crippen LogP contribution is 2.68. The third-order valence-corrected chi connectivity index (χ3v) is 13.4. The first-order valence-corrected chi connectivity index (χ1v) is 17.3. The van der Waals surface area contributed by atoms with Crippen LogP contribution in [-0.4, -0.2) is 56.8 Å². The zero-order chi connectivity index (χ0) is 30.0. The lowest BCUT2D eigenvalue weighted by Crippen LogP contribution is -2.54. The van der Waals surface area contributed by atoms with Crippen molar-refractivity contribution in [2.45, 2.75) is 110 Å². The normalized spacial score (nSPS) is 42.9. The first-order chi connectivity index (χ1) is 19.9. The first-order valence-electron chi connectivity index (χ1n) is 15.6. The van der Waals surface area contributed by atoms with E-state index in [1.54, 1.807) is 6.92 Å². The molecule has 1 aromatic heterocycles. The van der Waals surface area contributed by atoms with Gasteiger partial charge in [0.2, 0.25) is 0 Å². The molecule has 0 spiro atoms. The molecular weight excluding hydrogens is 563 g/mol. The standard InChI is InChI=1S/C30H45N2O9P/c1-17-14-32(28(37)31-27(17)36)26-13-23(35)24(40-26)15-39-42(38,16-33)41-25-7-6-21-20-5-4-18-12-19(34)8-10-29(18,2)22(20)9-11-30(21,25)3/h14,18,20-26,33,35H,4-13,15-16H2,1-3H3,(H,31,36,37)/t18-,20?,21?,22?,23?,24?,25-,26?,29-,30-,42?/m0/s1. The van der Waals surface area contributed by atoms with Crippen molar-refractivity contribution in [1.82, 2.24) is 9.55 Å². The summed E-state index contributed by atoms with van der Waals surface area (Å²) in [7, 11) is -3.92. The molecule has 42 heavy (non-hydrogen) atoms. The Morgan fingerprint density at radius 3 is 2.62 bits per heavy atom. The van der Waals surface area contributed by atoms with Gasteiger partial charge >= 0.3 is 13.3 Å². The Morgan fingerprint density at radius 1 is 1.10 bits per heavy atom. The van der Waals surface area contributed by atoms with Crippen LogP contribution in [0, 0.1) is 41.4 Å². The van der Waals surface area contributed by atoms with Gasteiger partial charge in [-0.1, -0.05) is 13.8 Å². The Kier molecular flexibility index (Phi) is 8.02. The van der Waals surface area contributed by atoms with E-state index in [2.05, 4.69) is 18.8 Å². The van der Waals surface area contributed by atoms with Crippen LogP contribution in [0.3, 0.4) is 0 Å².